The average molecular weight is 502 g/mol. The number of piperazine rings is 1. The van der Waals surface area contributed by atoms with Crippen LogP contribution in [0.4, 0.5) is 14.5 Å². The summed E-state index contributed by atoms with van der Waals surface area (Å²) in [4.78, 5) is 31.7. The molecule has 5 rings (SSSR count). The van der Waals surface area contributed by atoms with Gasteiger partial charge < -0.3 is 19.8 Å². The van der Waals surface area contributed by atoms with Gasteiger partial charge in [-0.15, -0.1) is 0 Å². The topological polar surface area (TPSA) is 81.9 Å². The van der Waals surface area contributed by atoms with Gasteiger partial charge in [0, 0.05) is 56.1 Å². The van der Waals surface area contributed by atoms with Crippen LogP contribution in [0.25, 0.3) is 0 Å². The molecule has 2 fully saturated rings. The van der Waals surface area contributed by atoms with Crippen molar-refractivity contribution in [3.8, 4) is 0 Å². The highest BCUT2D eigenvalue weighted by Crippen LogP contribution is 2.31. The van der Waals surface area contributed by atoms with Crippen LogP contribution in [0.3, 0.4) is 0 Å². The number of aryl methyl sites for hydroxylation is 1. The lowest BCUT2D eigenvalue weighted by Crippen LogP contribution is -2.52. The first-order valence-electron chi connectivity index (χ1n) is 12.7. The second kappa shape index (κ2) is 9.46. The molecule has 1 atom stereocenters. The van der Waals surface area contributed by atoms with Gasteiger partial charge in [0.25, 0.3) is 11.8 Å². The molecule has 36 heavy (non-hydrogen) atoms. The Balaban J connectivity index is 1.25. The van der Waals surface area contributed by atoms with E-state index in [2.05, 4.69) is 42.0 Å². The number of amides is 2. The lowest BCUT2D eigenvalue weighted by atomic mass is 10.0. The molecule has 1 aliphatic carbocycles. The Hall–Kier alpha value is -3.01. The Kier molecular flexibility index (Phi) is 6.48. The Bertz CT molecular complexity index is 1170. The SMILES string of the molecule is Cc1cccc(N2CCN(C(=O)Cn3nc(C(=O)N4CCC(F)(F)[C@H](O)C4)c4c3CCC4)CC2)c1C. The number of rotatable bonds is 4. The van der Waals surface area contributed by atoms with Gasteiger partial charge in [-0.1, -0.05) is 12.1 Å². The second-order valence-corrected chi connectivity index (χ2v) is 10.1. The highest BCUT2D eigenvalue weighted by molar-refractivity contribution is 5.94. The van der Waals surface area contributed by atoms with Crippen LogP contribution in [0.1, 0.15) is 45.7 Å². The summed E-state index contributed by atoms with van der Waals surface area (Å²) < 4.78 is 29.0. The van der Waals surface area contributed by atoms with Crippen molar-refractivity contribution in [3.05, 3.63) is 46.3 Å². The highest BCUT2D eigenvalue weighted by Gasteiger charge is 2.45. The zero-order chi connectivity index (χ0) is 25.6. The van der Waals surface area contributed by atoms with Crippen LogP contribution in [-0.4, -0.2) is 87.8 Å². The number of halogens is 2. The number of aliphatic hydroxyl groups is 1. The molecular weight excluding hydrogens is 468 g/mol. The van der Waals surface area contributed by atoms with Crippen molar-refractivity contribution < 1.29 is 23.5 Å². The molecule has 8 nitrogen and oxygen atoms in total. The Morgan fingerprint density at radius 2 is 1.83 bits per heavy atom. The molecule has 3 heterocycles. The number of anilines is 1. The molecule has 0 unspecified atom stereocenters. The minimum atomic E-state index is -3.19. The van der Waals surface area contributed by atoms with E-state index in [1.54, 1.807) is 4.68 Å². The van der Waals surface area contributed by atoms with E-state index in [4.69, 9.17) is 0 Å². The van der Waals surface area contributed by atoms with Crippen LogP contribution in [0.5, 0.6) is 0 Å². The number of carbonyl (C=O) groups is 2. The maximum atomic E-state index is 13.7. The van der Waals surface area contributed by atoms with Gasteiger partial charge in [0.05, 0.1) is 6.54 Å². The van der Waals surface area contributed by atoms with E-state index in [1.165, 1.54) is 21.7 Å². The number of aliphatic hydroxyl groups excluding tert-OH is 1. The fourth-order valence-corrected chi connectivity index (χ4v) is 5.53. The summed E-state index contributed by atoms with van der Waals surface area (Å²) >= 11 is 0. The predicted molar refractivity (Wildman–Crippen MR) is 130 cm³/mol. The average Bonchev–Trinajstić information content (AvgIpc) is 3.46. The van der Waals surface area contributed by atoms with Crippen LogP contribution in [0.15, 0.2) is 18.2 Å². The molecule has 10 heteroatoms. The molecule has 0 bridgehead atoms. The molecule has 1 N–H and O–H groups in total. The Morgan fingerprint density at radius 3 is 2.56 bits per heavy atom. The summed E-state index contributed by atoms with van der Waals surface area (Å²) in [6.07, 6.45) is -0.198. The lowest BCUT2D eigenvalue weighted by molar-refractivity contribution is -0.141. The highest BCUT2D eigenvalue weighted by atomic mass is 19.3. The number of piperidine rings is 1. The number of hydrogen-bond donors (Lipinski definition) is 1. The van der Waals surface area contributed by atoms with Gasteiger partial charge in [-0.25, -0.2) is 8.78 Å². The maximum Gasteiger partial charge on any atom is 0.276 e. The van der Waals surface area contributed by atoms with Crippen molar-refractivity contribution in [2.75, 3.05) is 44.2 Å². The van der Waals surface area contributed by atoms with Gasteiger partial charge >= 0.3 is 0 Å². The predicted octanol–water partition coefficient (Wildman–Crippen LogP) is 2.18. The second-order valence-electron chi connectivity index (χ2n) is 10.1. The third-order valence-corrected chi connectivity index (χ3v) is 7.93. The van der Waals surface area contributed by atoms with E-state index in [9.17, 15) is 23.5 Å². The van der Waals surface area contributed by atoms with E-state index < -0.39 is 30.9 Å². The first-order valence-corrected chi connectivity index (χ1v) is 12.7. The monoisotopic (exact) mass is 501 g/mol. The molecule has 0 spiro atoms. The van der Waals surface area contributed by atoms with Crippen molar-refractivity contribution in [3.63, 3.8) is 0 Å². The van der Waals surface area contributed by atoms with Gasteiger partial charge in [0.2, 0.25) is 5.91 Å². The number of β-amino-alcohol motifs (C(OH)–C–C–N with tert-alkyl or cyclic N) is 1. The van der Waals surface area contributed by atoms with Crippen LogP contribution in [-0.2, 0) is 24.2 Å². The molecule has 0 saturated carbocycles. The fraction of sp³-hybridized carbons (Fsp3) is 0.577. The minimum Gasteiger partial charge on any atom is -0.385 e. The van der Waals surface area contributed by atoms with Crippen LogP contribution < -0.4 is 4.90 Å². The summed E-state index contributed by atoms with van der Waals surface area (Å²) in [5.74, 6) is -3.68. The molecule has 194 valence electrons. The molecule has 2 saturated heterocycles. The van der Waals surface area contributed by atoms with Crippen LogP contribution >= 0.6 is 0 Å². The number of carbonyl (C=O) groups excluding carboxylic acids is 2. The van der Waals surface area contributed by atoms with Gasteiger partial charge in [0.1, 0.15) is 12.6 Å². The van der Waals surface area contributed by atoms with E-state index in [0.29, 0.717) is 19.5 Å². The summed E-state index contributed by atoms with van der Waals surface area (Å²) in [7, 11) is 0. The lowest BCUT2D eigenvalue weighted by Gasteiger charge is -2.37. The van der Waals surface area contributed by atoms with Crippen molar-refractivity contribution >= 4 is 17.5 Å². The van der Waals surface area contributed by atoms with Gasteiger partial charge in [-0.3, -0.25) is 14.3 Å². The Morgan fingerprint density at radius 1 is 1.08 bits per heavy atom. The number of alkyl halides is 2. The largest absolute Gasteiger partial charge is 0.385 e. The number of nitrogens with zero attached hydrogens (tertiary/aromatic N) is 5. The molecule has 1 aromatic heterocycles. The van der Waals surface area contributed by atoms with Gasteiger partial charge in [0.15, 0.2) is 5.69 Å². The minimum absolute atomic E-state index is 0.0418. The first kappa shape index (κ1) is 24.7. The molecule has 3 aliphatic rings. The zero-order valence-corrected chi connectivity index (χ0v) is 20.8. The summed E-state index contributed by atoms with van der Waals surface area (Å²) in [5, 5.41) is 14.2. The summed E-state index contributed by atoms with van der Waals surface area (Å²) in [5.41, 5.74) is 5.62. The van der Waals surface area contributed by atoms with E-state index in [0.717, 1.165) is 37.2 Å². The third kappa shape index (κ3) is 4.47. The molecule has 0 radical (unpaired) electrons. The Labute approximate surface area is 209 Å². The number of benzene rings is 1. The fourth-order valence-electron chi connectivity index (χ4n) is 5.53. The maximum absolute atomic E-state index is 13.7. The summed E-state index contributed by atoms with van der Waals surface area (Å²) in [6, 6.07) is 6.28. The number of aromatic nitrogens is 2. The quantitative estimate of drug-likeness (QED) is 0.695. The molecule has 2 amide bonds. The molecule has 2 aliphatic heterocycles. The third-order valence-electron chi connectivity index (χ3n) is 7.93. The van der Waals surface area contributed by atoms with Gasteiger partial charge in [-0.2, -0.15) is 5.10 Å². The normalized spacial score (nSPS) is 21.6. The first-order chi connectivity index (χ1) is 17.2. The molecular formula is C26H33F2N5O3. The zero-order valence-electron chi connectivity index (χ0n) is 20.8. The standard InChI is InChI=1S/C26H33F2N5O3/c1-17-5-3-7-20(18(17)2)30-11-13-31(14-12-30)23(35)16-33-21-8-4-6-19(21)24(29-33)25(36)32-10-9-26(27,28)22(34)15-32/h3,5,7,22,34H,4,6,8-16H2,1-2H3/t22-/m1/s1. The van der Waals surface area contributed by atoms with Crippen molar-refractivity contribution in [2.45, 2.75) is 58.1 Å². The van der Waals surface area contributed by atoms with Crippen molar-refractivity contribution in [2.24, 2.45) is 0 Å². The van der Waals surface area contributed by atoms with Gasteiger partial charge in [-0.05, 0) is 50.3 Å². The number of fused-ring (bicyclic) bond motifs is 1. The number of likely N-dealkylation sites (tertiary alicyclic amines) is 1. The van der Waals surface area contributed by atoms with Crippen LogP contribution in [0, 0.1) is 13.8 Å². The molecule has 2 aromatic rings. The van der Waals surface area contributed by atoms with Crippen molar-refractivity contribution in [1.82, 2.24) is 19.6 Å². The van der Waals surface area contributed by atoms with E-state index in [1.807, 2.05) is 4.90 Å². The van der Waals surface area contributed by atoms with Crippen molar-refractivity contribution in [1.29, 1.82) is 0 Å². The number of hydrogen-bond acceptors (Lipinski definition) is 5. The smallest absolute Gasteiger partial charge is 0.276 e. The van der Waals surface area contributed by atoms with E-state index >= 15 is 0 Å². The van der Waals surface area contributed by atoms with Crippen LogP contribution in [0.2, 0.25) is 0 Å². The summed E-state index contributed by atoms with van der Waals surface area (Å²) in [6.45, 7) is 6.45. The molecule has 1 aromatic carbocycles. The van der Waals surface area contributed by atoms with E-state index in [-0.39, 0.29) is 24.7 Å².